The second-order valence-corrected chi connectivity index (χ2v) is 18.1. The van der Waals surface area contributed by atoms with E-state index in [-0.39, 0.29) is 11.8 Å². The van der Waals surface area contributed by atoms with Crippen molar-refractivity contribution >= 4 is 45.8 Å². The number of aromatic nitrogens is 1. The van der Waals surface area contributed by atoms with Crippen molar-refractivity contribution in [3.63, 3.8) is 0 Å². The van der Waals surface area contributed by atoms with E-state index >= 15 is 0 Å². The van der Waals surface area contributed by atoms with Gasteiger partial charge in [0.1, 0.15) is 0 Å². The summed E-state index contributed by atoms with van der Waals surface area (Å²) in [5.41, 5.74) is 2.55. The maximum Gasteiger partial charge on any atom is 0.243 e. The second-order valence-electron chi connectivity index (χ2n) is 11.4. The maximum atomic E-state index is 13.4. The van der Waals surface area contributed by atoms with Gasteiger partial charge in [-0.2, -0.15) is 4.31 Å². The monoisotopic (exact) mass is 571 g/mol. The van der Waals surface area contributed by atoms with Gasteiger partial charge < -0.3 is 5.32 Å². The molecule has 1 atom stereocenters. The second kappa shape index (κ2) is 12.0. The third kappa shape index (κ3) is 6.51. The number of para-hydroxylation sites is 1. The summed E-state index contributed by atoms with van der Waals surface area (Å²) in [6.45, 7) is 5.89. The highest BCUT2D eigenvalue weighted by Gasteiger charge is 2.30. The number of sulfonamides is 1. The SMILES string of the molecule is C[Si](C)(CC(CC(=O)Nc1cccc2cccnc12)Cc1ccc(S(=O)(=O)N2CCCC2)cc1)c1ccccc1. The lowest BCUT2D eigenvalue weighted by atomic mass is 9.97. The topological polar surface area (TPSA) is 79.4 Å². The molecule has 1 aliphatic rings. The smallest absolute Gasteiger partial charge is 0.243 e. The molecule has 1 unspecified atom stereocenters. The molecule has 1 N–H and O–H groups in total. The van der Waals surface area contributed by atoms with Gasteiger partial charge in [-0.05, 0) is 61.1 Å². The summed E-state index contributed by atoms with van der Waals surface area (Å²) in [5, 5.41) is 5.47. The van der Waals surface area contributed by atoms with Crippen LogP contribution in [-0.2, 0) is 21.2 Å². The minimum atomic E-state index is -3.45. The van der Waals surface area contributed by atoms with Crippen molar-refractivity contribution in [3.8, 4) is 0 Å². The summed E-state index contributed by atoms with van der Waals surface area (Å²) >= 11 is 0. The van der Waals surface area contributed by atoms with E-state index in [1.54, 1.807) is 22.6 Å². The molecule has 0 bridgehead atoms. The van der Waals surface area contributed by atoms with Crippen LogP contribution >= 0.6 is 0 Å². The van der Waals surface area contributed by atoms with Crippen LogP contribution in [0.4, 0.5) is 5.69 Å². The van der Waals surface area contributed by atoms with Gasteiger partial charge in [-0.3, -0.25) is 9.78 Å². The molecule has 6 nitrogen and oxygen atoms in total. The highest BCUT2D eigenvalue weighted by atomic mass is 32.2. The van der Waals surface area contributed by atoms with E-state index in [9.17, 15) is 13.2 Å². The first-order chi connectivity index (χ1) is 19.2. The molecule has 8 heteroatoms. The predicted molar refractivity (Wildman–Crippen MR) is 165 cm³/mol. The Bertz CT molecular complexity index is 1560. The Balaban J connectivity index is 1.35. The van der Waals surface area contributed by atoms with Crippen LogP contribution in [-0.4, -0.2) is 44.8 Å². The molecule has 4 aromatic rings. The molecule has 0 aliphatic carbocycles. The number of pyridine rings is 1. The van der Waals surface area contributed by atoms with Gasteiger partial charge in [-0.15, -0.1) is 0 Å². The van der Waals surface area contributed by atoms with Gasteiger partial charge in [-0.1, -0.05) is 78.9 Å². The summed E-state index contributed by atoms with van der Waals surface area (Å²) in [4.78, 5) is 18.2. The van der Waals surface area contributed by atoms with Crippen LogP contribution in [0.25, 0.3) is 10.9 Å². The van der Waals surface area contributed by atoms with E-state index < -0.39 is 18.1 Å². The van der Waals surface area contributed by atoms with Gasteiger partial charge in [-0.25, -0.2) is 8.42 Å². The van der Waals surface area contributed by atoms with Crippen molar-refractivity contribution in [2.45, 2.75) is 49.7 Å². The Morgan fingerprint density at radius 3 is 2.35 bits per heavy atom. The van der Waals surface area contributed by atoms with Gasteiger partial charge in [0.15, 0.2) is 0 Å². The number of anilines is 1. The summed E-state index contributed by atoms with van der Waals surface area (Å²) in [7, 11) is -5.30. The van der Waals surface area contributed by atoms with E-state index in [0.717, 1.165) is 41.0 Å². The zero-order valence-corrected chi connectivity index (χ0v) is 25.0. The Hall–Kier alpha value is -3.33. The molecule has 0 radical (unpaired) electrons. The van der Waals surface area contributed by atoms with Crippen LogP contribution in [0.15, 0.2) is 96.0 Å². The number of rotatable bonds is 10. The first-order valence-electron chi connectivity index (χ1n) is 14.0. The summed E-state index contributed by atoms with van der Waals surface area (Å²) in [5.74, 6) is 0.0695. The zero-order chi connectivity index (χ0) is 28.2. The Morgan fingerprint density at radius 2 is 1.62 bits per heavy atom. The third-order valence-electron chi connectivity index (χ3n) is 7.89. The van der Waals surface area contributed by atoms with Crippen molar-refractivity contribution < 1.29 is 13.2 Å². The largest absolute Gasteiger partial charge is 0.324 e. The van der Waals surface area contributed by atoms with E-state index in [4.69, 9.17) is 0 Å². The summed E-state index contributed by atoms with van der Waals surface area (Å²) < 4.78 is 27.6. The molecule has 1 fully saturated rings. The van der Waals surface area contributed by atoms with Crippen molar-refractivity contribution in [2.24, 2.45) is 5.92 Å². The van der Waals surface area contributed by atoms with E-state index in [1.165, 1.54) is 5.19 Å². The zero-order valence-electron chi connectivity index (χ0n) is 23.2. The fourth-order valence-corrected chi connectivity index (χ4v) is 10.4. The molecular weight excluding hydrogens is 535 g/mol. The molecule has 1 amide bonds. The van der Waals surface area contributed by atoms with Gasteiger partial charge in [0.2, 0.25) is 15.9 Å². The Labute approximate surface area is 238 Å². The predicted octanol–water partition coefficient (Wildman–Crippen LogP) is 5.82. The number of nitrogens with one attached hydrogen (secondary N) is 1. The molecular formula is C32H37N3O3SSi. The average molecular weight is 572 g/mol. The minimum absolute atomic E-state index is 0.0331. The lowest BCUT2D eigenvalue weighted by Gasteiger charge is -2.29. The fraction of sp³-hybridized carbons (Fsp3) is 0.312. The molecule has 0 saturated carbocycles. The first kappa shape index (κ1) is 28.2. The Morgan fingerprint density at radius 1 is 0.925 bits per heavy atom. The minimum Gasteiger partial charge on any atom is -0.324 e. The number of benzene rings is 3. The van der Waals surface area contributed by atoms with Crippen LogP contribution in [0.1, 0.15) is 24.8 Å². The number of nitrogens with zero attached hydrogens (tertiary/aromatic N) is 2. The molecule has 2 heterocycles. The number of fused-ring (bicyclic) bond motifs is 1. The fourth-order valence-electron chi connectivity index (χ4n) is 5.82. The van der Waals surface area contributed by atoms with Gasteiger partial charge >= 0.3 is 0 Å². The molecule has 1 aromatic heterocycles. The number of carbonyl (C=O) groups is 1. The highest BCUT2D eigenvalue weighted by Crippen LogP contribution is 2.28. The van der Waals surface area contributed by atoms with Crippen LogP contribution in [0.5, 0.6) is 0 Å². The lowest BCUT2D eigenvalue weighted by molar-refractivity contribution is -0.116. The molecule has 208 valence electrons. The van der Waals surface area contributed by atoms with Crippen LogP contribution in [0.2, 0.25) is 19.1 Å². The van der Waals surface area contributed by atoms with Gasteiger partial charge in [0.25, 0.3) is 0 Å². The normalized spacial score (nSPS) is 15.2. The van der Waals surface area contributed by atoms with Crippen LogP contribution < -0.4 is 10.5 Å². The molecule has 1 aliphatic heterocycles. The summed E-state index contributed by atoms with van der Waals surface area (Å²) in [6.07, 6.45) is 4.64. The van der Waals surface area contributed by atoms with Crippen molar-refractivity contribution in [2.75, 3.05) is 18.4 Å². The Kier molecular flexibility index (Phi) is 8.49. The lowest BCUT2D eigenvalue weighted by Crippen LogP contribution is -2.43. The van der Waals surface area contributed by atoms with Crippen molar-refractivity contribution in [3.05, 3.63) is 96.7 Å². The van der Waals surface area contributed by atoms with Crippen molar-refractivity contribution in [1.29, 1.82) is 0 Å². The standard InChI is InChI=1S/C32H37N3O3SSi/c1-40(2,29-12-4-3-5-13-29)24-26(23-31(36)34-30-14-8-10-27-11-9-19-33-32(27)30)22-25-15-17-28(18-16-25)39(37,38)35-20-6-7-21-35/h3-5,8-19,26H,6-7,20-24H2,1-2H3,(H,34,36). The number of amides is 1. The number of carbonyl (C=O) groups excluding carboxylic acids is 1. The summed E-state index contributed by atoms with van der Waals surface area (Å²) in [6, 6.07) is 28.5. The third-order valence-corrected chi connectivity index (χ3v) is 13.3. The average Bonchev–Trinajstić information content (AvgIpc) is 3.50. The highest BCUT2D eigenvalue weighted by molar-refractivity contribution is 7.89. The molecule has 5 rings (SSSR count). The van der Waals surface area contributed by atoms with Crippen LogP contribution in [0, 0.1) is 5.92 Å². The van der Waals surface area contributed by atoms with Gasteiger partial charge in [0, 0.05) is 31.1 Å². The molecule has 0 spiro atoms. The van der Waals surface area contributed by atoms with E-state index in [2.05, 4.69) is 47.7 Å². The molecule has 3 aromatic carbocycles. The van der Waals surface area contributed by atoms with E-state index in [1.807, 2.05) is 48.5 Å². The van der Waals surface area contributed by atoms with Crippen molar-refractivity contribution in [1.82, 2.24) is 9.29 Å². The number of hydrogen-bond donors (Lipinski definition) is 1. The van der Waals surface area contributed by atoms with Gasteiger partial charge in [0.05, 0.1) is 24.2 Å². The molecule has 1 saturated heterocycles. The molecule has 40 heavy (non-hydrogen) atoms. The quantitative estimate of drug-likeness (QED) is 0.243. The number of hydrogen-bond acceptors (Lipinski definition) is 4. The van der Waals surface area contributed by atoms with E-state index in [0.29, 0.717) is 30.8 Å². The first-order valence-corrected chi connectivity index (χ1v) is 18.7. The van der Waals surface area contributed by atoms with Crippen LogP contribution in [0.3, 0.4) is 0 Å². The maximum absolute atomic E-state index is 13.4.